The molecule has 9 aliphatic rings. The van der Waals surface area contributed by atoms with Crippen LogP contribution in [0.2, 0.25) is 0 Å². The molecule has 0 bridgehead atoms. The maximum absolute atomic E-state index is 14.8. The second kappa shape index (κ2) is 22.2. The van der Waals surface area contributed by atoms with E-state index in [1.807, 2.05) is 0 Å². The van der Waals surface area contributed by atoms with Crippen LogP contribution in [0.4, 0.5) is 0 Å². The molecule has 0 unspecified atom stereocenters. The molecule has 0 spiro atoms. The molecule has 4 saturated carbocycles. The van der Waals surface area contributed by atoms with E-state index in [0.717, 1.165) is 32.1 Å². The standard InChI is InChI=1S/C55H88O23/c1-9-70-44(68)42-40(67)41(75-46-38(65)35(62)33(60)27(21-56)72-46)43(77-45-37(64)32(59)26(58)23-71-45)48(76-42)74-31-13-14-52(6)29(51(31,4)5)12-15-54(8)30(52)11-10-24-25-20-50(2,3)16-18-55(25,19-17-53(24,54)7)49(69)78-47-39(66)36(63)34(61)28(22-57)73-47/h10,25-43,45-48,56-67H,9,11-23H2,1-8H3/t25-,26-,27-,28-,29+,30-,31+,32+,33-,34+,35+,36+,37+,38+,39-,40-,41-,42-,43-,45+,46-,47-,48-,52-,53+,54+,55+/m1/s1. The van der Waals surface area contributed by atoms with Crippen molar-refractivity contribution < 1.29 is 113 Å². The Morgan fingerprint density at radius 2 is 1.22 bits per heavy atom. The quantitative estimate of drug-likeness (QED) is 0.0645. The molecular formula is C55H88O23. The average Bonchev–Trinajstić information content (AvgIpc) is 2.90. The molecule has 78 heavy (non-hydrogen) atoms. The van der Waals surface area contributed by atoms with Crippen LogP contribution in [0.15, 0.2) is 11.6 Å². The van der Waals surface area contributed by atoms with Crippen LogP contribution in [0.3, 0.4) is 0 Å². The normalized spacial score (nSPS) is 51.8. The fourth-order valence-electron chi connectivity index (χ4n) is 16.4. The molecule has 4 saturated heterocycles. The first-order chi connectivity index (χ1) is 36.5. The molecule has 12 N–H and O–H groups in total. The van der Waals surface area contributed by atoms with Crippen molar-refractivity contribution in [3.63, 3.8) is 0 Å². The van der Waals surface area contributed by atoms with Gasteiger partial charge in [0.2, 0.25) is 6.29 Å². The van der Waals surface area contributed by atoms with Crippen molar-refractivity contribution in [2.24, 2.45) is 50.2 Å². The first-order valence-electron chi connectivity index (χ1n) is 28.2. The molecule has 9 rings (SSSR count). The van der Waals surface area contributed by atoms with Gasteiger partial charge in [-0.3, -0.25) is 4.79 Å². The molecular weight excluding hydrogens is 1030 g/mol. The van der Waals surface area contributed by atoms with E-state index in [1.54, 1.807) is 6.92 Å². The van der Waals surface area contributed by atoms with Gasteiger partial charge in [-0.05, 0) is 116 Å². The minimum Gasteiger partial charge on any atom is -0.464 e. The number of hydrogen-bond acceptors (Lipinski definition) is 23. The Morgan fingerprint density at radius 1 is 0.615 bits per heavy atom. The number of esters is 2. The number of carbonyl (C=O) groups excluding carboxylic acids is 2. The molecule has 0 aromatic heterocycles. The third-order valence-corrected chi connectivity index (χ3v) is 21.3. The van der Waals surface area contributed by atoms with E-state index in [2.05, 4.69) is 54.5 Å². The lowest BCUT2D eigenvalue weighted by molar-refractivity contribution is -0.391. The van der Waals surface area contributed by atoms with Gasteiger partial charge in [0.1, 0.15) is 85.5 Å². The lowest BCUT2D eigenvalue weighted by Gasteiger charge is -2.71. The van der Waals surface area contributed by atoms with Crippen molar-refractivity contribution in [2.75, 3.05) is 26.4 Å². The molecule has 5 aliphatic carbocycles. The Kier molecular flexibility index (Phi) is 17.2. The summed E-state index contributed by atoms with van der Waals surface area (Å²) in [4.78, 5) is 28.5. The zero-order chi connectivity index (χ0) is 57.0. The van der Waals surface area contributed by atoms with Crippen molar-refractivity contribution in [3.8, 4) is 0 Å². The largest absolute Gasteiger partial charge is 0.464 e. The predicted molar refractivity (Wildman–Crippen MR) is 266 cm³/mol. The number of aliphatic hydroxyl groups excluding tert-OH is 12. The minimum atomic E-state index is -1.97. The summed E-state index contributed by atoms with van der Waals surface area (Å²) in [6.07, 6.45) is -23.9. The fraction of sp³-hybridized carbons (Fsp3) is 0.927. The van der Waals surface area contributed by atoms with Gasteiger partial charge in [0, 0.05) is 0 Å². The van der Waals surface area contributed by atoms with Crippen LogP contribution in [0.25, 0.3) is 0 Å². The second-order valence-electron chi connectivity index (χ2n) is 26.3. The number of fused-ring (bicyclic) bond motifs is 7. The highest BCUT2D eigenvalue weighted by atomic mass is 16.8. The molecule has 4 heterocycles. The lowest BCUT2D eigenvalue weighted by atomic mass is 9.33. The van der Waals surface area contributed by atoms with Gasteiger partial charge in [-0.15, -0.1) is 0 Å². The van der Waals surface area contributed by atoms with Gasteiger partial charge in [0.15, 0.2) is 25.0 Å². The topological polar surface area (TPSA) is 360 Å². The summed E-state index contributed by atoms with van der Waals surface area (Å²) >= 11 is 0. The maximum Gasteiger partial charge on any atom is 0.338 e. The van der Waals surface area contributed by atoms with Gasteiger partial charge in [0.25, 0.3) is 0 Å². The molecule has 446 valence electrons. The van der Waals surface area contributed by atoms with Crippen molar-refractivity contribution >= 4 is 11.9 Å². The first-order valence-corrected chi connectivity index (χ1v) is 28.2. The SMILES string of the molecule is CCOC(=O)[C@@H]1O[C@@H](O[C@H]2CC[C@@]3(C)[C@H]4CC=C5[C@H]6CC(C)(C)CC[C@]6(C(=O)O[C@H]6O[C@H](CO)[C@H](O)[C@H](O)[C@H]6O)CC[C@]5(C)[C@@]4(C)CC[C@H]3C2(C)C)[C@H](O[C@@H]2OC[C@@H](O)[C@H](O)[C@@H]2O)[C@H](O[C@H]2O[C@H](CO)[C@@H](O)[C@H](O)[C@@H]2O)[C@H]1O. The maximum atomic E-state index is 14.8. The highest BCUT2D eigenvalue weighted by Gasteiger charge is 2.70. The molecule has 27 atom stereocenters. The Labute approximate surface area is 455 Å². The van der Waals surface area contributed by atoms with Gasteiger partial charge in [-0.1, -0.05) is 60.1 Å². The minimum absolute atomic E-state index is 0.0286. The number of allylic oxidation sites excluding steroid dienone is 2. The molecule has 0 aromatic rings. The van der Waals surface area contributed by atoms with Gasteiger partial charge >= 0.3 is 11.9 Å². The summed E-state index contributed by atoms with van der Waals surface area (Å²) in [5, 5.41) is 128. The fourth-order valence-corrected chi connectivity index (χ4v) is 16.4. The summed E-state index contributed by atoms with van der Waals surface area (Å²) < 4.78 is 54.3. The smallest absolute Gasteiger partial charge is 0.338 e. The van der Waals surface area contributed by atoms with Gasteiger partial charge in [-0.2, -0.15) is 0 Å². The number of hydrogen-bond donors (Lipinski definition) is 12. The number of ether oxygens (including phenoxy) is 9. The summed E-state index contributed by atoms with van der Waals surface area (Å²) in [5.41, 5.74) is -1.33. The third-order valence-electron chi connectivity index (χ3n) is 21.3. The van der Waals surface area contributed by atoms with Crippen LogP contribution >= 0.6 is 0 Å². The summed E-state index contributed by atoms with van der Waals surface area (Å²) in [6, 6.07) is 0. The van der Waals surface area contributed by atoms with Crippen LogP contribution in [-0.4, -0.2) is 222 Å². The Balaban J connectivity index is 1.01. The van der Waals surface area contributed by atoms with Crippen LogP contribution in [-0.2, 0) is 52.2 Å². The van der Waals surface area contributed by atoms with Crippen LogP contribution in [0.5, 0.6) is 0 Å². The highest BCUT2D eigenvalue weighted by molar-refractivity contribution is 5.79. The van der Waals surface area contributed by atoms with Crippen molar-refractivity contribution in [2.45, 2.75) is 242 Å². The summed E-state index contributed by atoms with van der Waals surface area (Å²) in [6.45, 7) is 15.3. The Morgan fingerprint density at radius 3 is 1.86 bits per heavy atom. The van der Waals surface area contributed by atoms with E-state index in [0.29, 0.717) is 32.1 Å². The zero-order valence-electron chi connectivity index (χ0n) is 46.1. The Hall–Kier alpha value is -2.08. The molecule has 23 heteroatoms. The van der Waals surface area contributed by atoms with Crippen LogP contribution in [0.1, 0.15) is 120 Å². The second-order valence-corrected chi connectivity index (χ2v) is 26.3. The monoisotopic (exact) mass is 1120 g/mol. The average molecular weight is 1120 g/mol. The summed E-state index contributed by atoms with van der Waals surface area (Å²) in [5.74, 6) is -1.54. The van der Waals surface area contributed by atoms with E-state index in [4.69, 9.17) is 42.6 Å². The number of aliphatic hydroxyl groups is 12. The van der Waals surface area contributed by atoms with Gasteiger partial charge < -0.3 is 104 Å². The number of carbonyl (C=O) groups is 2. The molecule has 8 fully saturated rings. The Bertz CT molecular complexity index is 2180. The van der Waals surface area contributed by atoms with E-state index in [1.165, 1.54) is 5.57 Å². The van der Waals surface area contributed by atoms with E-state index >= 15 is 0 Å². The predicted octanol–water partition coefficient (Wildman–Crippen LogP) is -0.825. The first kappa shape index (κ1) is 60.5. The van der Waals surface area contributed by atoms with Crippen LogP contribution in [0, 0.1) is 50.2 Å². The third kappa shape index (κ3) is 9.93. The summed E-state index contributed by atoms with van der Waals surface area (Å²) in [7, 11) is 0. The van der Waals surface area contributed by atoms with E-state index in [-0.39, 0.29) is 46.0 Å². The van der Waals surface area contributed by atoms with Crippen molar-refractivity contribution in [3.05, 3.63) is 11.6 Å². The molecule has 0 aromatic carbocycles. The van der Waals surface area contributed by atoms with E-state index < -0.39 is 165 Å². The van der Waals surface area contributed by atoms with Gasteiger partial charge in [-0.25, -0.2) is 4.79 Å². The van der Waals surface area contributed by atoms with Crippen molar-refractivity contribution in [1.29, 1.82) is 0 Å². The molecule has 4 aliphatic heterocycles. The van der Waals surface area contributed by atoms with Crippen LogP contribution < -0.4 is 0 Å². The zero-order valence-corrected chi connectivity index (χ0v) is 46.1. The van der Waals surface area contributed by atoms with Gasteiger partial charge in [0.05, 0.1) is 37.9 Å². The van der Waals surface area contributed by atoms with Crippen molar-refractivity contribution in [1.82, 2.24) is 0 Å². The van der Waals surface area contributed by atoms with E-state index in [9.17, 15) is 70.9 Å². The highest BCUT2D eigenvalue weighted by Crippen LogP contribution is 2.76. The molecule has 0 amide bonds. The number of rotatable bonds is 12. The lowest BCUT2D eigenvalue weighted by Crippen LogP contribution is -2.68. The molecule has 0 radical (unpaired) electrons. The molecule has 23 nitrogen and oxygen atoms in total.